The Balaban J connectivity index is 1.53. The third kappa shape index (κ3) is 5.70. The van der Waals surface area contributed by atoms with Crippen molar-refractivity contribution in [3.63, 3.8) is 0 Å². The summed E-state index contributed by atoms with van der Waals surface area (Å²) in [4.78, 5) is 27.5. The van der Waals surface area contributed by atoms with Crippen LogP contribution in [0, 0.1) is 0 Å². The van der Waals surface area contributed by atoms with E-state index in [0.29, 0.717) is 29.0 Å². The Labute approximate surface area is 235 Å². The Hall–Kier alpha value is -3.48. The molecule has 5 heterocycles. The molecule has 9 nitrogen and oxygen atoms in total. The number of aliphatic hydroxyl groups is 1. The van der Waals surface area contributed by atoms with Crippen LogP contribution in [-0.4, -0.2) is 86.3 Å². The maximum atomic E-state index is 14.5. The summed E-state index contributed by atoms with van der Waals surface area (Å²) in [6.45, 7) is 7.84. The highest BCUT2D eigenvalue weighted by Gasteiger charge is 2.44. The zero-order valence-corrected chi connectivity index (χ0v) is 23.5. The Morgan fingerprint density at radius 2 is 2.05 bits per heavy atom. The number of nitrogens with zero attached hydrogens (tertiary/aromatic N) is 6. The number of alkyl halides is 2. The number of hydrogen-bond donors (Lipinski definition) is 2. The normalized spacial score (nSPS) is 17.9. The van der Waals surface area contributed by atoms with Crippen molar-refractivity contribution in [2.75, 3.05) is 37.6 Å². The van der Waals surface area contributed by atoms with E-state index in [2.05, 4.69) is 29.2 Å². The molecule has 12 heteroatoms. The van der Waals surface area contributed by atoms with E-state index >= 15 is 0 Å². The lowest BCUT2D eigenvalue weighted by molar-refractivity contribution is -0.113. The molecule has 1 amide bonds. The van der Waals surface area contributed by atoms with Gasteiger partial charge in [-0.2, -0.15) is 5.10 Å². The van der Waals surface area contributed by atoms with E-state index in [9.17, 15) is 18.7 Å². The molecule has 0 radical (unpaired) electrons. The summed E-state index contributed by atoms with van der Waals surface area (Å²) in [6.07, 6.45) is 1.60. The Bertz CT molecular complexity index is 1470. The minimum absolute atomic E-state index is 0.107. The topological polar surface area (TPSA) is 98.9 Å². The highest BCUT2D eigenvalue weighted by Crippen LogP contribution is 2.33. The molecule has 2 atom stereocenters. The van der Waals surface area contributed by atoms with E-state index in [4.69, 9.17) is 9.97 Å². The van der Waals surface area contributed by atoms with Gasteiger partial charge in [0, 0.05) is 30.9 Å². The molecule has 0 aliphatic carbocycles. The van der Waals surface area contributed by atoms with Crippen LogP contribution in [0.5, 0.6) is 0 Å². The lowest BCUT2D eigenvalue weighted by Gasteiger charge is -2.36. The van der Waals surface area contributed by atoms with Gasteiger partial charge in [0.05, 0.1) is 34.6 Å². The quantitative estimate of drug-likeness (QED) is 0.312. The number of carbonyl (C=O) groups is 1. The Kier molecular flexibility index (Phi) is 8.11. The molecule has 0 bridgehead atoms. The molecule has 1 aliphatic heterocycles. The number of piperidine rings is 1. The van der Waals surface area contributed by atoms with Gasteiger partial charge in [-0.3, -0.25) is 9.69 Å². The fourth-order valence-electron chi connectivity index (χ4n) is 5.00. The summed E-state index contributed by atoms with van der Waals surface area (Å²) in [7, 11) is 0. The van der Waals surface area contributed by atoms with Crippen molar-refractivity contribution in [1.29, 1.82) is 0 Å². The Morgan fingerprint density at radius 1 is 1.25 bits per heavy atom. The van der Waals surface area contributed by atoms with Crippen LogP contribution in [0.4, 0.5) is 14.6 Å². The molecule has 0 aromatic carbocycles. The number of halogens is 2. The number of fused-ring (bicyclic) bond motifs is 1. The number of nitrogens with one attached hydrogen (secondary N) is 1. The first kappa shape index (κ1) is 28.1. The Morgan fingerprint density at radius 3 is 2.75 bits per heavy atom. The molecule has 1 saturated heterocycles. The zero-order valence-electron chi connectivity index (χ0n) is 22.7. The van der Waals surface area contributed by atoms with Crippen LogP contribution in [0.15, 0.2) is 48.1 Å². The minimum Gasteiger partial charge on any atom is -0.387 e. The molecule has 2 unspecified atom stereocenters. The van der Waals surface area contributed by atoms with E-state index in [1.54, 1.807) is 34.3 Å². The number of thiophene rings is 1. The van der Waals surface area contributed by atoms with Crippen molar-refractivity contribution in [3.8, 4) is 21.8 Å². The fraction of sp³-hybridized carbons (Fsp3) is 0.429. The highest BCUT2D eigenvalue weighted by atomic mass is 32.1. The number of aromatic nitrogens is 4. The third-order valence-electron chi connectivity index (χ3n) is 7.37. The molecule has 40 heavy (non-hydrogen) atoms. The van der Waals surface area contributed by atoms with Crippen molar-refractivity contribution in [3.05, 3.63) is 53.7 Å². The van der Waals surface area contributed by atoms with E-state index in [1.165, 1.54) is 11.0 Å². The molecule has 1 fully saturated rings. The first-order valence-electron chi connectivity index (χ1n) is 13.4. The molecule has 2 N–H and O–H groups in total. The van der Waals surface area contributed by atoms with E-state index in [1.807, 2.05) is 30.5 Å². The van der Waals surface area contributed by atoms with Crippen LogP contribution in [0.2, 0.25) is 0 Å². The summed E-state index contributed by atoms with van der Waals surface area (Å²) in [5.74, 6) is -3.38. The number of hydrogen-bond acceptors (Lipinski definition) is 8. The fourth-order valence-corrected chi connectivity index (χ4v) is 5.70. The van der Waals surface area contributed by atoms with Crippen molar-refractivity contribution in [1.82, 2.24) is 29.8 Å². The molecule has 1 aliphatic rings. The van der Waals surface area contributed by atoms with E-state index in [-0.39, 0.29) is 30.7 Å². The van der Waals surface area contributed by atoms with Crippen molar-refractivity contribution < 1.29 is 18.7 Å². The van der Waals surface area contributed by atoms with Gasteiger partial charge in [0.2, 0.25) is 0 Å². The predicted molar refractivity (Wildman–Crippen MR) is 152 cm³/mol. The van der Waals surface area contributed by atoms with Gasteiger partial charge in [0.1, 0.15) is 11.9 Å². The van der Waals surface area contributed by atoms with Gasteiger partial charge in [-0.25, -0.2) is 23.3 Å². The molecule has 0 spiro atoms. The van der Waals surface area contributed by atoms with Gasteiger partial charge in [-0.15, -0.1) is 11.3 Å². The number of pyridine rings is 1. The first-order chi connectivity index (χ1) is 19.2. The summed E-state index contributed by atoms with van der Waals surface area (Å²) < 4.78 is 30.6. The third-order valence-corrected chi connectivity index (χ3v) is 8.26. The van der Waals surface area contributed by atoms with Crippen molar-refractivity contribution in [2.45, 2.75) is 45.3 Å². The van der Waals surface area contributed by atoms with Crippen LogP contribution in [0.1, 0.15) is 37.6 Å². The van der Waals surface area contributed by atoms with Gasteiger partial charge in [-0.1, -0.05) is 19.9 Å². The SMILES string of the molecule is CCN(CC)C(C)CNC(=O)c1cc(-c2cnn3ccc(-c4cccs4)nc23)nc(N2CCC(O)C(F)(F)C2)c1. The van der Waals surface area contributed by atoms with Crippen LogP contribution < -0.4 is 10.2 Å². The van der Waals surface area contributed by atoms with Crippen LogP contribution in [0.3, 0.4) is 0 Å². The maximum Gasteiger partial charge on any atom is 0.290 e. The standard InChI is InChI=1S/C28H33F2N7O2S/c1-4-35(5-2)18(3)15-31-27(39)19-13-22(33-25(14-19)36-10-9-24(38)28(29,30)17-36)20-16-32-37-11-8-21(34-26(20)37)23-7-6-12-40-23/h6-8,11-14,16,18,24,38H,4-5,9-10,15,17H2,1-3H3,(H,31,39). The zero-order chi connectivity index (χ0) is 28.4. The molecule has 0 saturated carbocycles. The number of carbonyl (C=O) groups excluding carboxylic acids is 1. The first-order valence-corrected chi connectivity index (χ1v) is 14.3. The molecule has 5 rings (SSSR count). The van der Waals surface area contributed by atoms with Crippen molar-refractivity contribution >= 4 is 28.7 Å². The summed E-state index contributed by atoms with van der Waals surface area (Å²) in [5.41, 5.74) is 2.59. The van der Waals surface area contributed by atoms with Gasteiger partial charge in [0.25, 0.3) is 11.8 Å². The second-order valence-electron chi connectivity index (χ2n) is 9.98. The monoisotopic (exact) mass is 569 g/mol. The summed E-state index contributed by atoms with van der Waals surface area (Å²) in [6, 6.07) is 9.10. The molecular formula is C28H33F2N7O2S. The van der Waals surface area contributed by atoms with Gasteiger partial charge in [0.15, 0.2) is 5.65 Å². The number of rotatable bonds is 9. The summed E-state index contributed by atoms with van der Waals surface area (Å²) >= 11 is 1.57. The number of anilines is 1. The maximum absolute atomic E-state index is 14.5. The average molecular weight is 570 g/mol. The highest BCUT2D eigenvalue weighted by molar-refractivity contribution is 7.13. The van der Waals surface area contributed by atoms with Crippen molar-refractivity contribution in [2.24, 2.45) is 0 Å². The van der Waals surface area contributed by atoms with Crippen LogP contribution >= 0.6 is 11.3 Å². The predicted octanol–water partition coefficient (Wildman–Crippen LogP) is 4.19. The lowest BCUT2D eigenvalue weighted by atomic mass is 10.0. The number of aliphatic hydroxyl groups excluding tert-OH is 1. The molecule has 4 aromatic heterocycles. The molecule has 212 valence electrons. The van der Waals surface area contributed by atoms with Crippen LogP contribution in [-0.2, 0) is 0 Å². The molecule has 4 aromatic rings. The average Bonchev–Trinajstić information content (AvgIpc) is 3.64. The lowest BCUT2D eigenvalue weighted by Crippen LogP contribution is -2.52. The van der Waals surface area contributed by atoms with Gasteiger partial charge in [-0.05, 0) is 56.1 Å². The van der Waals surface area contributed by atoms with E-state index < -0.39 is 18.6 Å². The number of amides is 1. The molecular weight excluding hydrogens is 536 g/mol. The smallest absolute Gasteiger partial charge is 0.290 e. The largest absolute Gasteiger partial charge is 0.387 e. The number of likely N-dealkylation sites (N-methyl/N-ethyl adjacent to an activating group) is 1. The second-order valence-corrected chi connectivity index (χ2v) is 10.9. The van der Waals surface area contributed by atoms with Gasteiger partial charge >= 0.3 is 0 Å². The second kappa shape index (κ2) is 11.6. The minimum atomic E-state index is -3.29. The summed E-state index contributed by atoms with van der Waals surface area (Å²) in [5, 5.41) is 19.2. The van der Waals surface area contributed by atoms with E-state index in [0.717, 1.165) is 23.7 Å². The van der Waals surface area contributed by atoms with Gasteiger partial charge < -0.3 is 15.3 Å². The van der Waals surface area contributed by atoms with Crippen LogP contribution in [0.25, 0.3) is 27.5 Å².